The van der Waals surface area contributed by atoms with Crippen LogP contribution in [0.4, 0.5) is 5.69 Å². The van der Waals surface area contributed by atoms with Crippen LogP contribution in [-0.2, 0) is 0 Å². The van der Waals surface area contributed by atoms with Crippen molar-refractivity contribution in [3.05, 3.63) is 77.1 Å². The molecule has 2 aromatic heterocycles. The predicted molar refractivity (Wildman–Crippen MR) is 134 cm³/mol. The highest BCUT2D eigenvalue weighted by Crippen LogP contribution is 2.30. The number of ether oxygens (including phenoxy) is 1. The number of para-hydroxylation sites is 2. The molecule has 1 amide bonds. The fourth-order valence-electron chi connectivity index (χ4n) is 4.66. The number of fused-ring (bicyclic) bond motifs is 1. The van der Waals surface area contributed by atoms with Gasteiger partial charge in [0.2, 0.25) is 0 Å². The minimum atomic E-state index is 0.0294. The van der Waals surface area contributed by atoms with Crippen molar-refractivity contribution in [3.63, 3.8) is 0 Å². The molecule has 1 fully saturated rings. The largest absolute Gasteiger partial charge is 0.495 e. The summed E-state index contributed by atoms with van der Waals surface area (Å²) in [7, 11) is 1.69. The fourth-order valence-corrected chi connectivity index (χ4v) is 4.66. The minimum Gasteiger partial charge on any atom is -0.495 e. The van der Waals surface area contributed by atoms with E-state index < -0.39 is 0 Å². The van der Waals surface area contributed by atoms with Gasteiger partial charge in [-0.05, 0) is 51.1 Å². The number of benzene rings is 2. The van der Waals surface area contributed by atoms with Gasteiger partial charge < -0.3 is 14.5 Å². The number of nitrogens with zero attached hydrogens (tertiary/aromatic N) is 5. The van der Waals surface area contributed by atoms with Crippen molar-refractivity contribution in [3.8, 4) is 11.4 Å². The smallest absolute Gasteiger partial charge is 0.254 e. The molecule has 7 nitrogen and oxygen atoms in total. The number of anilines is 1. The van der Waals surface area contributed by atoms with E-state index in [1.807, 2.05) is 59.8 Å². The number of methoxy groups -OCH3 is 1. The Morgan fingerprint density at radius 2 is 1.65 bits per heavy atom. The lowest BCUT2D eigenvalue weighted by Gasteiger charge is -2.36. The molecule has 0 atom stereocenters. The van der Waals surface area contributed by atoms with Gasteiger partial charge in [0.15, 0.2) is 5.65 Å². The third-order valence-corrected chi connectivity index (χ3v) is 6.44. The number of carbonyl (C=O) groups excluding carboxylic acids is 1. The fraction of sp³-hybridized carbons (Fsp3) is 0.296. The molecule has 1 aliphatic rings. The average Bonchev–Trinajstić information content (AvgIpc) is 3.19. The van der Waals surface area contributed by atoms with Crippen molar-refractivity contribution in [1.29, 1.82) is 0 Å². The zero-order valence-electron chi connectivity index (χ0n) is 20.1. The lowest BCUT2D eigenvalue weighted by atomic mass is 10.1. The summed E-state index contributed by atoms with van der Waals surface area (Å²) in [6, 6.07) is 18.1. The van der Waals surface area contributed by atoms with E-state index in [9.17, 15) is 4.79 Å². The van der Waals surface area contributed by atoms with Crippen LogP contribution in [0.5, 0.6) is 5.75 Å². The van der Waals surface area contributed by atoms with Crippen LogP contribution in [0, 0.1) is 20.8 Å². The van der Waals surface area contributed by atoms with E-state index in [0.29, 0.717) is 18.7 Å². The molecule has 1 saturated heterocycles. The standard InChI is InChI=1S/C27H29N5O2/c1-18-9-11-21(12-10-18)32-26-25(20(3)29-32)22(17-19(2)28-26)27(33)31-15-13-30(14-16-31)23-7-5-6-8-24(23)34-4/h5-12,17H,13-16H2,1-4H3. The molecular weight excluding hydrogens is 426 g/mol. The summed E-state index contributed by atoms with van der Waals surface area (Å²) in [6.45, 7) is 8.72. The van der Waals surface area contributed by atoms with Gasteiger partial charge in [-0.15, -0.1) is 0 Å². The molecule has 5 rings (SSSR count). The van der Waals surface area contributed by atoms with E-state index >= 15 is 0 Å². The molecular formula is C27H29N5O2. The molecule has 34 heavy (non-hydrogen) atoms. The normalized spacial score (nSPS) is 14.0. The molecule has 7 heteroatoms. The number of aromatic nitrogens is 3. The number of hydrogen-bond acceptors (Lipinski definition) is 5. The lowest BCUT2D eigenvalue weighted by Crippen LogP contribution is -2.49. The maximum atomic E-state index is 13.7. The third kappa shape index (κ3) is 3.87. The minimum absolute atomic E-state index is 0.0294. The topological polar surface area (TPSA) is 63.5 Å². The molecule has 0 radical (unpaired) electrons. The number of aryl methyl sites for hydroxylation is 3. The van der Waals surface area contributed by atoms with Crippen LogP contribution in [-0.4, -0.2) is 58.9 Å². The van der Waals surface area contributed by atoms with E-state index in [1.165, 1.54) is 5.56 Å². The summed E-state index contributed by atoms with van der Waals surface area (Å²) >= 11 is 0. The number of rotatable bonds is 4. The molecule has 0 unspecified atom stereocenters. The molecule has 3 heterocycles. The van der Waals surface area contributed by atoms with E-state index in [-0.39, 0.29) is 5.91 Å². The van der Waals surface area contributed by atoms with Gasteiger partial charge in [-0.2, -0.15) is 5.10 Å². The Hall–Kier alpha value is -3.87. The van der Waals surface area contributed by atoms with Crippen LogP contribution >= 0.6 is 0 Å². The molecule has 0 aliphatic carbocycles. The first kappa shape index (κ1) is 21.9. The molecule has 0 spiro atoms. The van der Waals surface area contributed by atoms with E-state index in [1.54, 1.807) is 7.11 Å². The molecule has 0 bridgehead atoms. The Morgan fingerprint density at radius 1 is 0.941 bits per heavy atom. The van der Waals surface area contributed by atoms with E-state index in [4.69, 9.17) is 14.8 Å². The van der Waals surface area contributed by atoms with Gasteiger partial charge in [-0.3, -0.25) is 4.79 Å². The van der Waals surface area contributed by atoms with Crippen molar-refractivity contribution in [2.24, 2.45) is 0 Å². The third-order valence-electron chi connectivity index (χ3n) is 6.44. The molecule has 174 valence electrons. The second-order valence-electron chi connectivity index (χ2n) is 8.79. The summed E-state index contributed by atoms with van der Waals surface area (Å²) in [5, 5.41) is 5.57. The van der Waals surface area contributed by atoms with Crippen molar-refractivity contribution >= 4 is 22.6 Å². The Labute approximate surface area is 199 Å². The first-order valence-corrected chi connectivity index (χ1v) is 11.6. The Balaban J connectivity index is 1.44. The molecule has 4 aromatic rings. The summed E-state index contributed by atoms with van der Waals surface area (Å²) < 4.78 is 7.36. The maximum absolute atomic E-state index is 13.7. The van der Waals surface area contributed by atoms with Crippen LogP contribution < -0.4 is 9.64 Å². The maximum Gasteiger partial charge on any atom is 0.254 e. The highest BCUT2D eigenvalue weighted by atomic mass is 16.5. The first-order chi connectivity index (χ1) is 16.5. The number of piperazine rings is 1. The van der Waals surface area contributed by atoms with Crippen LogP contribution in [0.15, 0.2) is 54.6 Å². The van der Waals surface area contributed by atoms with Crippen LogP contribution in [0.2, 0.25) is 0 Å². The number of hydrogen-bond donors (Lipinski definition) is 0. The van der Waals surface area contributed by atoms with Crippen LogP contribution in [0.1, 0.15) is 27.3 Å². The molecule has 2 aromatic carbocycles. The zero-order chi connectivity index (χ0) is 23.8. The Kier molecular flexibility index (Phi) is 5.69. The van der Waals surface area contributed by atoms with Crippen molar-refractivity contribution in [2.75, 3.05) is 38.2 Å². The molecule has 1 aliphatic heterocycles. The van der Waals surface area contributed by atoms with Crippen LogP contribution in [0.3, 0.4) is 0 Å². The number of pyridine rings is 1. The first-order valence-electron chi connectivity index (χ1n) is 11.6. The van der Waals surface area contributed by atoms with Gasteiger partial charge in [0.1, 0.15) is 5.75 Å². The summed E-state index contributed by atoms with van der Waals surface area (Å²) in [5.41, 5.74) is 6.18. The highest BCUT2D eigenvalue weighted by Gasteiger charge is 2.27. The summed E-state index contributed by atoms with van der Waals surface area (Å²) in [5.74, 6) is 0.884. The van der Waals surface area contributed by atoms with E-state index in [2.05, 4.69) is 30.0 Å². The second kappa shape index (κ2) is 8.82. The monoisotopic (exact) mass is 455 g/mol. The van der Waals surface area contributed by atoms with Gasteiger partial charge in [0.25, 0.3) is 5.91 Å². The van der Waals surface area contributed by atoms with Gasteiger partial charge in [0, 0.05) is 31.9 Å². The summed E-state index contributed by atoms with van der Waals surface area (Å²) in [4.78, 5) is 22.7. The Morgan fingerprint density at radius 3 is 2.35 bits per heavy atom. The van der Waals surface area contributed by atoms with Gasteiger partial charge >= 0.3 is 0 Å². The summed E-state index contributed by atoms with van der Waals surface area (Å²) in [6.07, 6.45) is 0. The van der Waals surface area contributed by atoms with E-state index in [0.717, 1.165) is 52.6 Å². The quantitative estimate of drug-likeness (QED) is 0.459. The number of amides is 1. The van der Waals surface area contributed by atoms with Gasteiger partial charge in [-0.1, -0.05) is 29.8 Å². The van der Waals surface area contributed by atoms with Gasteiger partial charge in [0.05, 0.1) is 35.1 Å². The number of carbonyl (C=O) groups is 1. The highest BCUT2D eigenvalue weighted by molar-refractivity contribution is 6.07. The Bertz CT molecular complexity index is 1350. The lowest BCUT2D eigenvalue weighted by molar-refractivity contribution is 0.0748. The average molecular weight is 456 g/mol. The predicted octanol–water partition coefficient (Wildman–Crippen LogP) is 4.32. The van der Waals surface area contributed by atoms with Crippen LogP contribution in [0.25, 0.3) is 16.7 Å². The van der Waals surface area contributed by atoms with Gasteiger partial charge in [-0.25, -0.2) is 9.67 Å². The van der Waals surface area contributed by atoms with Crippen molar-refractivity contribution in [2.45, 2.75) is 20.8 Å². The van der Waals surface area contributed by atoms with Crippen molar-refractivity contribution in [1.82, 2.24) is 19.7 Å². The zero-order valence-corrected chi connectivity index (χ0v) is 20.1. The molecule has 0 saturated carbocycles. The molecule has 0 N–H and O–H groups in total. The SMILES string of the molecule is COc1ccccc1N1CCN(C(=O)c2cc(C)nc3c2c(C)nn3-c2ccc(C)cc2)CC1. The van der Waals surface area contributed by atoms with Crippen molar-refractivity contribution < 1.29 is 9.53 Å². The second-order valence-corrected chi connectivity index (χ2v) is 8.79.